The number of aromatic nitrogens is 3. The zero-order chi connectivity index (χ0) is 31.0. The minimum Gasteiger partial charge on any atom is -0.492 e. The minimum absolute atomic E-state index is 0.0219. The van der Waals surface area contributed by atoms with Gasteiger partial charge in [0.2, 0.25) is 10.0 Å². The molecule has 1 aliphatic rings. The van der Waals surface area contributed by atoms with Crippen molar-refractivity contribution in [1.29, 1.82) is 0 Å². The summed E-state index contributed by atoms with van der Waals surface area (Å²) in [5.74, 6) is -0.907. The maximum Gasteiger partial charge on any atom is 0.273 e. The number of ether oxygens (including phenoxy) is 1. The number of hydrogen-bond donors (Lipinski definition) is 3. The van der Waals surface area contributed by atoms with Crippen LogP contribution in [0.15, 0.2) is 42.1 Å². The van der Waals surface area contributed by atoms with Crippen molar-refractivity contribution < 1.29 is 27.1 Å². The molecule has 2 unspecified atom stereocenters. The van der Waals surface area contributed by atoms with Crippen LogP contribution >= 0.6 is 0 Å². The van der Waals surface area contributed by atoms with E-state index in [2.05, 4.69) is 25.7 Å². The molecule has 11 nitrogen and oxygen atoms in total. The Morgan fingerprint density at radius 1 is 1.12 bits per heavy atom. The van der Waals surface area contributed by atoms with Crippen LogP contribution in [-0.2, 0) is 20.2 Å². The third-order valence-electron chi connectivity index (χ3n) is 6.28. The quantitative estimate of drug-likeness (QED) is 0.419. The molecule has 2 amide bonds. The monoisotopic (exact) mass is 590 g/mol. The van der Waals surface area contributed by atoms with Gasteiger partial charge in [-0.05, 0) is 47.6 Å². The standard InChI is InChI=1S/C28H39FN6O5S/c1-26(2,3)16-30-25(37)21-15-35(34-32-21)22-12-17(10-11-28(22,7)29)24(36)31-19-13-18(27(4,5)6)14-20(23(19)40-8)33-41(9,38)39/h10-15,22,33H,16H2,1-9H3,(H,30,37)(H,31,36). The number of rotatable bonds is 8. The van der Waals surface area contributed by atoms with Crippen LogP contribution in [0.2, 0.25) is 0 Å². The summed E-state index contributed by atoms with van der Waals surface area (Å²) in [5.41, 5.74) is -1.19. The number of benzene rings is 1. The molecule has 1 aliphatic carbocycles. The lowest BCUT2D eigenvalue weighted by Gasteiger charge is -2.29. The molecule has 1 heterocycles. The van der Waals surface area contributed by atoms with Crippen LogP contribution in [0, 0.1) is 5.41 Å². The summed E-state index contributed by atoms with van der Waals surface area (Å²) in [5, 5.41) is 13.4. The zero-order valence-corrected chi connectivity index (χ0v) is 25.7. The van der Waals surface area contributed by atoms with Gasteiger partial charge in [0.05, 0.1) is 30.9 Å². The highest BCUT2D eigenvalue weighted by Crippen LogP contribution is 2.40. The van der Waals surface area contributed by atoms with Crippen molar-refractivity contribution in [2.24, 2.45) is 5.41 Å². The summed E-state index contributed by atoms with van der Waals surface area (Å²) in [6, 6.07) is 2.28. The van der Waals surface area contributed by atoms with Crippen molar-refractivity contribution in [2.75, 3.05) is 29.9 Å². The Morgan fingerprint density at radius 2 is 1.76 bits per heavy atom. The highest BCUT2D eigenvalue weighted by Gasteiger charge is 2.37. The van der Waals surface area contributed by atoms with Gasteiger partial charge in [0, 0.05) is 12.1 Å². The number of carbonyl (C=O) groups excluding carboxylic acids is 2. The van der Waals surface area contributed by atoms with E-state index < -0.39 is 39.0 Å². The fourth-order valence-electron chi connectivity index (χ4n) is 4.02. The molecule has 2 aromatic rings. The van der Waals surface area contributed by atoms with Crippen molar-refractivity contribution >= 4 is 33.2 Å². The molecular weight excluding hydrogens is 551 g/mol. The van der Waals surface area contributed by atoms with Crippen molar-refractivity contribution in [2.45, 2.75) is 65.6 Å². The number of anilines is 2. The summed E-state index contributed by atoms with van der Waals surface area (Å²) < 4.78 is 48.7. The molecule has 3 rings (SSSR count). The molecule has 2 atom stereocenters. The maximum atomic E-state index is 15.6. The summed E-state index contributed by atoms with van der Waals surface area (Å²) in [6.45, 7) is 13.5. The van der Waals surface area contributed by atoms with Crippen LogP contribution in [0.25, 0.3) is 0 Å². The van der Waals surface area contributed by atoms with E-state index in [4.69, 9.17) is 4.74 Å². The fourth-order valence-corrected chi connectivity index (χ4v) is 4.57. The molecule has 0 radical (unpaired) electrons. The van der Waals surface area contributed by atoms with E-state index in [9.17, 15) is 18.0 Å². The van der Waals surface area contributed by atoms with Gasteiger partial charge < -0.3 is 15.4 Å². The highest BCUT2D eigenvalue weighted by molar-refractivity contribution is 7.92. The van der Waals surface area contributed by atoms with Gasteiger partial charge in [0.1, 0.15) is 6.04 Å². The number of nitrogens with one attached hydrogen (secondary N) is 3. The Bertz CT molecular complexity index is 1500. The van der Waals surface area contributed by atoms with Crippen molar-refractivity contribution in [1.82, 2.24) is 20.3 Å². The van der Waals surface area contributed by atoms with Crippen LogP contribution in [0.5, 0.6) is 5.75 Å². The first-order valence-electron chi connectivity index (χ1n) is 13.0. The van der Waals surface area contributed by atoms with Crippen LogP contribution < -0.4 is 20.1 Å². The van der Waals surface area contributed by atoms with E-state index in [1.54, 1.807) is 12.1 Å². The molecule has 0 aliphatic heterocycles. The molecule has 224 valence electrons. The Labute approximate surface area is 240 Å². The van der Waals surface area contributed by atoms with Crippen molar-refractivity contribution in [3.63, 3.8) is 0 Å². The third kappa shape index (κ3) is 8.15. The number of carbonyl (C=O) groups is 2. The molecule has 1 aromatic heterocycles. The van der Waals surface area contributed by atoms with E-state index in [0.29, 0.717) is 6.54 Å². The molecule has 0 saturated heterocycles. The van der Waals surface area contributed by atoms with Gasteiger partial charge in [-0.15, -0.1) is 5.10 Å². The molecule has 0 bridgehead atoms. The average Bonchev–Trinajstić information content (AvgIpc) is 3.30. The van der Waals surface area contributed by atoms with Crippen molar-refractivity contribution in [3.05, 3.63) is 53.4 Å². The van der Waals surface area contributed by atoms with E-state index in [1.807, 2.05) is 41.5 Å². The lowest BCUT2D eigenvalue weighted by atomic mass is 9.86. The SMILES string of the molecule is COc1c(NC(=O)C2=CC(n3cc(C(=O)NCC(C)(C)C)nn3)C(C)(F)C=C2)cc(C(C)(C)C)cc1NS(C)(=O)=O. The summed E-state index contributed by atoms with van der Waals surface area (Å²) >= 11 is 0. The molecule has 3 N–H and O–H groups in total. The van der Waals surface area contributed by atoms with Gasteiger partial charge in [-0.25, -0.2) is 17.5 Å². The Balaban J connectivity index is 1.95. The predicted octanol–water partition coefficient (Wildman–Crippen LogP) is 4.14. The third-order valence-corrected chi connectivity index (χ3v) is 6.87. The molecule has 41 heavy (non-hydrogen) atoms. The van der Waals surface area contributed by atoms with Gasteiger partial charge >= 0.3 is 0 Å². The van der Waals surface area contributed by atoms with E-state index in [-0.39, 0.29) is 33.8 Å². The first-order valence-corrected chi connectivity index (χ1v) is 14.9. The number of methoxy groups -OCH3 is 1. The van der Waals surface area contributed by atoms with Gasteiger partial charge in [-0.2, -0.15) is 0 Å². The van der Waals surface area contributed by atoms with Gasteiger partial charge in [-0.3, -0.25) is 14.3 Å². The van der Waals surface area contributed by atoms with Gasteiger partial charge in [-0.1, -0.05) is 52.8 Å². The van der Waals surface area contributed by atoms with E-state index in [0.717, 1.165) is 11.8 Å². The number of sulfonamides is 1. The molecule has 0 saturated carbocycles. The molecule has 0 spiro atoms. The van der Waals surface area contributed by atoms with Crippen LogP contribution in [0.4, 0.5) is 15.8 Å². The lowest BCUT2D eigenvalue weighted by molar-refractivity contribution is -0.112. The minimum atomic E-state index is -3.66. The Hall–Kier alpha value is -3.74. The average molecular weight is 591 g/mol. The lowest BCUT2D eigenvalue weighted by Crippen LogP contribution is -2.33. The first kappa shape index (κ1) is 31.8. The summed E-state index contributed by atoms with van der Waals surface area (Å²) in [6.07, 6.45) is 6.35. The predicted molar refractivity (Wildman–Crippen MR) is 156 cm³/mol. The number of hydrogen-bond acceptors (Lipinski definition) is 7. The number of allylic oxidation sites excluding steroid dienone is 2. The van der Waals surface area contributed by atoms with Gasteiger partial charge in [0.15, 0.2) is 17.1 Å². The summed E-state index contributed by atoms with van der Waals surface area (Å²) in [7, 11) is -2.29. The number of nitrogens with zero attached hydrogens (tertiary/aromatic N) is 3. The highest BCUT2D eigenvalue weighted by atomic mass is 32.2. The second-order valence-electron chi connectivity index (χ2n) is 12.6. The van der Waals surface area contributed by atoms with E-state index in [1.165, 1.54) is 43.1 Å². The van der Waals surface area contributed by atoms with E-state index >= 15 is 4.39 Å². The molecule has 13 heteroatoms. The molecule has 0 fully saturated rings. The second-order valence-corrected chi connectivity index (χ2v) is 14.3. The Kier molecular flexibility index (Phi) is 8.73. The molecular formula is C28H39FN6O5S. The zero-order valence-electron chi connectivity index (χ0n) is 24.9. The number of amides is 2. The number of halogens is 1. The second kappa shape index (κ2) is 11.3. The van der Waals surface area contributed by atoms with Gasteiger partial charge in [0.25, 0.3) is 11.8 Å². The first-order chi connectivity index (χ1) is 18.7. The van der Waals surface area contributed by atoms with Crippen LogP contribution in [0.1, 0.15) is 70.6 Å². The smallest absolute Gasteiger partial charge is 0.273 e. The largest absolute Gasteiger partial charge is 0.492 e. The van der Waals surface area contributed by atoms with Crippen LogP contribution in [-0.4, -0.2) is 60.8 Å². The number of alkyl halides is 1. The normalized spacial score (nSPS) is 19.4. The van der Waals surface area contributed by atoms with Crippen molar-refractivity contribution in [3.8, 4) is 5.75 Å². The Morgan fingerprint density at radius 3 is 2.32 bits per heavy atom. The fraction of sp³-hybridized carbons (Fsp3) is 0.500. The maximum absolute atomic E-state index is 15.6. The topological polar surface area (TPSA) is 144 Å². The molecule has 1 aromatic carbocycles. The van der Waals surface area contributed by atoms with Crippen LogP contribution in [0.3, 0.4) is 0 Å². The summed E-state index contributed by atoms with van der Waals surface area (Å²) in [4.78, 5) is 25.9.